The molecule has 5 nitrogen and oxygen atoms in total. The highest BCUT2D eigenvalue weighted by Gasteiger charge is 2.25. The van der Waals surface area contributed by atoms with Gasteiger partial charge in [-0.2, -0.15) is 0 Å². The van der Waals surface area contributed by atoms with E-state index in [1.165, 1.54) is 24.8 Å². The van der Waals surface area contributed by atoms with Gasteiger partial charge in [-0.1, -0.05) is 24.6 Å². The molecule has 1 aliphatic rings. The Bertz CT molecular complexity index is 559. The number of benzene rings is 1. The van der Waals surface area contributed by atoms with E-state index < -0.39 is 0 Å². The number of piperidine rings is 1. The van der Waals surface area contributed by atoms with E-state index in [0.29, 0.717) is 0 Å². The van der Waals surface area contributed by atoms with Crippen molar-refractivity contribution in [1.82, 2.24) is 15.5 Å². The van der Waals surface area contributed by atoms with Gasteiger partial charge >= 0.3 is 0 Å². The Hall–Kier alpha value is -1.75. The van der Waals surface area contributed by atoms with E-state index in [9.17, 15) is 0 Å². The van der Waals surface area contributed by atoms with E-state index >= 15 is 0 Å². The second kappa shape index (κ2) is 9.09. The van der Waals surface area contributed by atoms with Crippen molar-refractivity contribution in [3.8, 4) is 5.75 Å². The van der Waals surface area contributed by atoms with Gasteiger partial charge in [0.15, 0.2) is 5.96 Å². The van der Waals surface area contributed by atoms with E-state index in [-0.39, 0.29) is 11.6 Å². The number of nitrogens with zero attached hydrogens (tertiary/aromatic N) is 2. The number of rotatable bonds is 5. The van der Waals surface area contributed by atoms with E-state index in [1.807, 2.05) is 13.1 Å². The van der Waals surface area contributed by atoms with Gasteiger partial charge in [-0.25, -0.2) is 0 Å². The topological polar surface area (TPSA) is 48.9 Å². The fraction of sp³-hybridized carbons (Fsp3) is 0.650. The second-order valence-corrected chi connectivity index (χ2v) is 7.68. The summed E-state index contributed by atoms with van der Waals surface area (Å²) in [4.78, 5) is 6.94. The molecule has 1 saturated heterocycles. The first-order valence-electron chi connectivity index (χ1n) is 9.30. The van der Waals surface area contributed by atoms with Crippen LogP contribution in [0.15, 0.2) is 29.3 Å². The summed E-state index contributed by atoms with van der Waals surface area (Å²) in [6.45, 7) is 9.49. The van der Waals surface area contributed by atoms with Gasteiger partial charge in [-0.3, -0.25) is 9.89 Å². The molecule has 0 aliphatic carbocycles. The largest absolute Gasteiger partial charge is 0.496 e. The van der Waals surface area contributed by atoms with Crippen molar-refractivity contribution in [2.24, 2.45) is 4.99 Å². The monoisotopic (exact) mass is 346 g/mol. The molecule has 0 radical (unpaired) electrons. The molecule has 1 atom stereocenters. The zero-order valence-electron chi connectivity index (χ0n) is 16.4. The van der Waals surface area contributed by atoms with Crippen LogP contribution in [0.3, 0.4) is 0 Å². The molecule has 1 unspecified atom stereocenters. The molecule has 0 aromatic heterocycles. The van der Waals surface area contributed by atoms with Crippen molar-refractivity contribution in [3.63, 3.8) is 0 Å². The van der Waals surface area contributed by atoms with Crippen molar-refractivity contribution < 1.29 is 4.74 Å². The van der Waals surface area contributed by atoms with Gasteiger partial charge < -0.3 is 15.4 Å². The lowest BCUT2D eigenvalue weighted by atomic mass is 10.0. The summed E-state index contributed by atoms with van der Waals surface area (Å²) in [7, 11) is 3.57. The Morgan fingerprint density at radius 2 is 1.88 bits per heavy atom. The molecule has 1 aliphatic heterocycles. The van der Waals surface area contributed by atoms with Crippen LogP contribution >= 0.6 is 0 Å². The molecule has 140 valence electrons. The molecule has 25 heavy (non-hydrogen) atoms. The second-order valence-electron chi connectivity index (χ2n) is 7.68. The molecule has 1 aromatic carbocycles. The average Bonchev–Trinajstić information content (AvgIpc) is 2.61. The summed E-state index contributed by atoms with van der Waals surface area (Å²) >= 11 is 0. The number of likely N-dealkylation sites (tertiary alicyclic amines) is 1. The highest BCUT2D eigenvalue weighted by atomic mass is 16.5. The van der Waals surface area contributed by atoms with Crippen molar-refractivity contribution in [2.45, 2.75) is 51.6 Å². The summed E-state index contributed by atoms with van der Waals surface area (Å²) < 4.78 is 5.63. The maximum Gasteiger partial charge on any atom is 0.191 e. The van der Waals surface area contributed by atoms with Crippen molar-refractivity contribution in [2.75, 3.05) is 33.8 Å². The van der Waals surface area contributed by atoms with Crippen LogP contribution in [-0.2, 0) is 0 Å². The molecule has 1 fully saturated rings. The summed E-state index contributed by atoms with van der Waals surface area (Å²) in [5.74, 6) is 1.79. The molecule has 0 spiro atoms. The molecule has 0 bridgehead atoms. The standard InChI is InChI=1S/C20H34N4O/c1-20(2,3)23-19(21-4)22-15-17(24-13-9-6-10-14-24)16-11-7-8-12-18(16)25-5/h7-8,11-12,17H,6,9-10,13-15H2,1-5H3,(H2,21,22,23). The Morgan fingerprint density at radius 1 is 1.20 bits per heavy atom. The van der Waals surface area contributed by atoms with Gasteiger partial charge in [-0.05, 0) is 52.8 Å². The Kier molecular flexibility index (Phi) is 7.12. The van der Waals surface area contributed by atoms with E-state index in [0.717, 1.165) is 31.3 Å². The van der Waals surface area contributed by atoms with E-state index in [2.05, 4.69) is 59.5 Å². The molecule has 1 heterocycles. The molecule has 2 rings (SSSR count). The van der Waals surface area contributed by atoms with Crippen LogP contribution < -0.4 is 15.4 Å². The smallest absolute Gasteiger partial charge is 0.191 e. The molecule has 2 N–H and O–H groups in total. The first kappa shape index (κ1) is 19.6. The average molecular weight is 347 g/mol. The van der Waals surface area contributed by atoms with Crippen molar-refractivity contribution in [1.29, 1.82) is 0 Å². The number of guanidine groups is 1. The third kappa shape index (κ3) is 5.92. The summed E-state index contributed by atoms with van der Waals surface area (Å²) in [6.07, 6.45) is 3.86. The molecule has 1 aromatic rings. The number of ether oxygens (including phenoxy) is 1. The van der Waals surface area contributed by atoms with Crippen LogP contribution in [0.2, 0.25) is 0 Å². The third-order valence-electron chi connectivity index (χ3n) is 4.51. The SMILES string of the molecule is CN=C(NCC(c1ccccc1OC)N1CCCCC1)NC(C)(C)C. The molecule has 0 saturated carbocycles. The Balaban J connectivity index is 2.17. The normalized spacial score (nSPS) is 17.9. The zero-order valence-corrected chi connectivity index (χ0v) is 16.4. The van der Waals surface area contributed by atoms with Crippen molar-refractivity contribution >= 4 is 5.96 Å². The van der Waals surface area contributed by atoms with Crippen LogP contribution in [-0.4, -0.2) is 50.2 Å². The summed E-state index contributed by atoms with van der Waals surface area (Å²) in [5.41, 5.74) is 1.22. The lowest BCUT2D eigenvalue weighted by Crippen LogP contribution is -2.50. The predicted octanol–water partition coefficient (Wildman–Crippen LogP) is 3.19. The van der Waals surface area contributed by atoms with Gasteiger partial charge in [0.2, 0.25) is 0 Å². The minimum Gasteiger partial charge on any atom is -0.496 e. The van der Waals surface area contributed by atoms with E-state index in [4.69, 9.17) is 4.74 Å². The predicted molar refractivity (Wildman–Crippen MR) is 105 cm³/mol. The Morgan fingerprint density at radius 3 is 2.48 bits per heavy atom. The maximum absolute atomic E-state index is 5.63. The third-order valence-corrected chi connectivity index (χ3v) is 4.51. The van der Waals surface area contributed by atoms with E-state index in [1.54, 1.807) is 7.11 Å². The molecular formula is C20H34N4O. The fourth-order valence-electron chi connectivity index (χ4n) is 3.34. The first-order valence-corrected chi connectivity index (χ1v) is 9.30. The van der Waals surface area contributed by atoms with Gasteiger partial charge in [-0.15, -0.1) is 0 Å². The minimum absolute atomic E-state index is 0.0209. The number of hydrogen-bond acceptors (Lipinski definition) is 3. The molecule has 5 heteroatoms. The van der Waals surface area contributed by atoms with Crippen LogP contribution in [0.1, 0.15) is 51.6 Å². The fourth-order valence-corrected chi connectivity index (χ4v) is 3.34. The van der Waals surface area contributed by atoms with Crippen LogP contribution in [0.4, 0.5) is 0 Å². The molecular weight excluding hydrogens is 312 g/mol. The van der Waals surface area contributed by atoms with Gasteiger partial charge in [0.05, 0.1) is 13.2 Å². The number of hydrogen-bond donors (Lipinski definition) is 2. The lowest BCUT2D eigenvalue weighted by Gasteiger charge is -2.36. The number of aliphatic imine (C=N–C) groups is 1. The summed E-state index contributed by atoms with van der Waals surface area (Å²) in [5, 5.41) is 6.95. The highest BCUT2D eigenvalue weighted by molar-refractivity contribution is 5.80. The lowest BCUT2D eigenvalue weighted by molar-refractivity contribution is 0.161. The number of para-hydroxylation sites is 1. The van der Waals surface area contributed by atoms with Crippen LogP contribution in [0.5, 0.6) is 5.75 Å². The highest BCUT2D eigenvalue weighted by Crippen LogP contribution is 2.30. The van der Waals surface area contributed by atoms with Crippen LogP contribution in [0.25, 0.3) is 0 Å². The molecule has 0 amide bonds. The quantitative estimate of drug-likeness (QED) is 0.635. The maximum atomic E-state index is 5.63. The van der Waals surface area contributed by atoms with Gasteiger partial charge in [0, 0.05) is 24.7 Å². The number of methoxy groups -OCH3 is 1. The first-order chi connectivity index (χ1) is 11.9. The van der Waals surface area contributed by atoms with Gasteiger partial charge in [0.25, 0.3) is 0 Å². The van der Waals surface area contributed by atoms with Crippen LogP contribution in [0, 0.1) is 0 Å². The Labute approximate surface area is 152 Å². The van der Waals surface area contributed by atoms with Gasteiger partial charge in [0.1, 0.15) is 5.75 Å². The summed E-state index contributed by atoms with van der Waals surface area (Å²) in [6, 6.07) is 8.63. The number of nitrogens with one attached hydrogen (secondary N) is 2. The zero-order chi connectivity index (χ0) is 18.3. The van der Waals surface area contributed by atoms with Crippen molar-refractivity contribution in [3.05, 3.63) is 29.8 Å². The minimum atomic E-state index is -0.0209.